The molecule has 0 saturated heterocycles. The Morgan fingerprint density at radius 3 is 2.53 bits per heavy atom. The van der Waals surface area contributed by atoms with Crippen LogP contribution in [0.3, 0.4) is 0 Å². The molecule has 190 valence electrons. The van der Waals surface area contributed by atoms with Crippen LogP contribution >= 0.6 is 31.6 Å². The normalized spacial score (nSPS) is 14.6. The van der Waals surface area contributed by atoms with E-state index in [4.69, 9.17) is 20.9 Å². The van der Waals surface area contributed by atoms with Crippen LogP contribution in [-0.4, -0.2) is 23.0 Å². The summed E-state index contributed by atoms with van der Waals surface area (Å²) in [5.74, 6) is -8.66. The van der Waals surface area contributed by atoms with E-state index in [1.165, 1.54) is 44.3 Å². The lowest BCUT2D eigenvalue weighted by atomic mass is 9.93. The Bertz CT molecular complexity index is 1340. The van der Waals surface area contributed by atoms with Gasteiger partial charge in [0.2, 0.25) is 5.91 Å². The third-order valence-corrected chi connectivity index (χ3v) is 6.52. The average molecular weight is 556 g/mol. The molecule has 3 rings (SSSR count). The summed E-state index contributed by atoms with van der Waals surface area (Å²) in [5.41, 5.74) is -0.684. The van der Waals surface area contributed by atoms with Crippen molar-refractivity contribution in [2.45, 2.75) is 32.7 Å². The number of hydrogen-bond donors (Lipinski definition) is 2. The summed E-state index contributed by atoms with van der Waals surface area (Å²) in [6, 6.07) is 8.03. The lowest BCUT2D eigenvalue weighted by Crippen LogP contribution is -2.49. The molecule has 0 saturated carbocycles. The zero-order valence-corrected chi connectivity index (χ0v) is 21.7. The van der Waals surface area contributed by atoms with Gasteiger partial charge in [-0.1, -0.05) is 17.7 Å². The van der Waals surface area contributed by atoms with E-state index in [2.05, 4.69) is 5.32 Å². The van der Waals surface area contributed by atoms with Crippen LogP contribution < -0.4 is 5.32 Å². The first-order valence-electron chi connectivity index (χ1n) is 10.4. The summed E-state index contributed by atoms with van der Waals surface area (Å²) < 4.78 is 48.9. The first kappa shape index (κ1) is 27.8. The first-order valence-corrected chi connectivity index (χ1v) is 12.4. The second kappa shape index (κ2) is 11.1. The Kier molecular flexibility index (Phi) is 8.59. The van der Waals surface area contributed by atoms with Crippen LogP contribution in [0.25, 0.3) is 16.2 Å². The Hall–Kier alpha value is -2.75. The minimum absolute atomic E-state index is 0.184. The van der Waals surface area contributed by atoms with Gasteiger partial charge in [0.05, 0.1) is 5.41 Å². The zero-order chi connectivity index (χ0) is 26.7. The third kappa shape index (κ3) is 6.32. The van der Waals surface area contributed by atoms with Crippen molar-refractivity contribution in [3.8, 4) is 0 Å². The van der Waals surface area contributed by atoms with Gasteiger partial charge in [0, 0.05) is 15.9 Å². The fraction of sp³-hybridized carbons (Fsp3) is 0.250. The molecule has 0 aliphatic heterocycles. The van der Waals surface area contributed by atoms with Gasteiger partial charge in [0.25, 0.3) is 0 Å². The number of rotatable bonds is 8. The highest BCUT2D eigenvalue weighted by Crippen LogP contribution is 2.41. The highest BCUT2D eigenvalue weighted by atomic mass is 35.5. The van der Waals surface area contributed by atoms with Gasteiger partial charge in [0.15, 0.2) is 17.6 Å². The van der Waals surface area contributed by atoms with Crippen molar-refractivity contribution >= 4 is 59.7 Å². The number of halogens is 3. The molecule has 0 radical (unpaired) electrons. The maximum absolute atomic E-state index is 13.5. The van der Waals surface area contributed by atoms with E-state index in [1.54, 1.807) is 23.6 Å². The number of carbonyl (C=O) groups excluding carboxylic acids is 2. The molecule has 0 spiro atoms. The van der Waals surface area contributed by atoms with Gasteiger partial charge in [-0.3, -0.25) is 9.59 Å². The number of ether oxygens (including phenoxy) is 1. The van der Waals surface area contributed by atoms with Crippen molar-refractivity contribution in [1.29, 1.82) is 0 Å². The smallest absolute Gasteiger partial charge is 0.353 e. The fourth-order valence-corrected chi connectivity index (χ4v) is 4.53. The highest BCUT2D eigenvalue weighted by Gasteiger charge is 2.51. The molecule has 2 N–H and O–H groups in total. The number of fused-ring (bicyclic) bond motifs is 1. The number of benzene rings is 2. The summed E-state index contributed by atoms with van der Waals surface area (Å²) in [5, 5.41) is 16.0. The van der Waals surface area contributed by atoms with E-state index in [9.17, 15) is 28.0 Å². The Balaban J connectivity index is 2.05. The summed E-state index contributed by atoms with van der Waals surface area (Å²) in [4.78, 5) is 26.0. The van der Waals surface area contributed by atoms with Crippen molar-refractivity contribution in [3.05, 3.63) is 75.8 Å². The molecule has 0 bridgehead atoms. The summed E-state index contributed by atoms with van der Waals surface area (Å²) in [6.07, 6.45) is 2.41. The summed E-state index contributed by atoms with van der Waals surface area (Å²) in [7, 11) is -1.06. The fourth-order valence-electron chi connectivity index (χ4n) is 3.14. The predicted molar refractivity (Wildman–Crippen MR) is 132 cm³/mol. The Morgan fingerprint density at radius 1 is 1.17 bits per heavy atom. The minimum atomic E-state index is -2.98. The van der Waals surface area contributed by atoms with E-state index in [0.717, 1.165) is 18.3 Å². The molecular formula is C24H21ClF2NO6PS. The van der Waals surface area contributed by atoms with E-state index in [-0.39, 0.29) is 11.1 Å². The molecule has 2 unspecified atom stereocenters. The third-order valence-electron chi connectivity index (χ3n) is 4.97. The van der Waals surface area contributed by atoms with Crippen molar-refractivity contribution < 1.29 is 37.3 Å². The van der Waals surface area contributed by atoms with Gasteiger partial charge >= 0.3 is 20.6 Å². The van der Waals surface area contributed by atoms with Crippen molar-refractivity contribution in [1.82, 2.24) is 5.32 Å². The van der Waals surface area contributed by atoms with E-state index in [1.807, 2.05) is 0 Å². The number of carbonyl (C=O) groups is 2. The maximum atomic E-state index is 13.5. The van der Waals surface area contributed by atoms with Gasteiger partial charge in [-0.25, -0.2) is 17.9 Å². The van der Waals surface area contributed by atoms with Crippen LogP contribution in [0.1, 0.15) is 37.8 Å². The van der Waals surface area contributed by atoms with E-state index >= 15 is 0 Å². The molecule has 1 heterocycles. The molecular weight excluding hydrogens is 535 g/mol. The van der Waals surface area contributed by atoms with Crippen molar-refractivity contribution in [2.24, 2.45) is 5.41 Å². The average Bonchev–Trinajstić information content (AvgIpc) is 3.18. The first-order chi connectivity index (χ1) is 16.9. The van der Waals surface area contributed by atoms with Crippen LogP contribution in [0, 0.1) is 17.0 Å². The topological polar surface area (TPSA) is 102 Å². The number of thiophene rings is 1. The quantitative estimate of drug-likeness (QED) is 0.196. The van der Waals surface area contributed by atoms with Gasteiger partial charge in [-0.15, -0.1) is 11.3 Å². The van der Waals surface area contributed by atoms with Crippen molar-refractivity contribution in [3.63, 3.8) is 0 Å². The lowest BCUT2D eigenvalue weighted by molar-refractivity contribution is -0.310. The lowest BCUT2D eigenvalue weighted by Gasteiger charge is -2.33. The van der Waals surface area contributed by atoms with Gasteiger partial charge in [-0.2, -0.15) is 0 Å². The molecule has 3 aromatic rings. The molecule has 7 nitrogen and oxygen atoms in total. The Morgan fingerprint density at radius 2 is 1.89 bits per heavy atom. The van der Waals surface area contributed by atoms with Gasteiger partial charge < -0.3 is 15.2 Å². The SMILES string of the molecule is CC(C)(C)C(=O)OC(O)(OP=O)C(C(=O)N/C=C/c1ccc(F)c(F)c1)c1csc2ccc(Cl)cc12. The van der Waals surface area contributed by atoms with E-state index in [0.29, 0.717) is 15.1 Å². The van der Waals surface area contributed by atoms with Gasteiger partial charge in [0.1, 0.15) is 0 Å². The van der Waals surface area contributed by atoms with Crippen LogP contribution in [0.15, 0.2) is 48.0 Å². The molecule has 1 aromatic heterocycles. The molecule has 12 heteroatoms. The van der Waals surface area contributed by atoms with Crippen LogP contribution in [0.2, 0.25) is 5.02 Å². The number of aliphatic hydroxyl groups is 1. The molecule has 2 aromatic carbocycles. The number of esters is 1. The highest BCUT2D eigenvalue weighted by molar-refractivity contribution is 7.17. The monoisotopic (exact) mass is 555 g/mol. The second-order valence-corrected chi connectivity index (χ2v) is 10.4. The number of amides is 1. The largest absolute Gasteiger partial charge is 0.406 e. The van der Waals surface area contributed by atoms with Gasteiger partial charge in [-0.05, 0) is 79.1 Å². The predicted octanol–water partition coefficient (Wildman–Crippen LogP) is 6.16. The van der Waals surface area contributed by atoms with Crippen molar-refractivity contribution in [2.75, 3.05) is 0 Å². The molecule has 0 aliphatic rings. The van der Waals surface area contributed by atoms with E-state index < -0.39 is 49.5 Å². The van der Waals surface area contributed by atoms with Crippen LogP contribution in [-0.2, 0) is 23.4 Å². The molecule has 2 atom stereocenters. The Labute approximate surface area is 216 Å². The molecule has 1 amide bonds. The minimum Gasteiger partial charge on any atom is -0.406 e. The summed E-state index contributed by atoms with van der Waals surface area (Å²) in [6.45, 7) is 4.55. The second-order valence-electron chi connectivity index (χ2n) is 8.72. The zero-order valence-electron chi connectivity index (χ0n) is 19.3. The van der Waals surface area contributed by atoms with Crippen LogP contribution in [0.5, 0.6) is 0 Å². The number of hydrogen-bond acceptors (Lipinski definition) is 7. The number of nitrogens with one attached hydrogen (secondary N) is 1. The molecule has 0 fully saturated rings. The summed E-state index contributed by atoms with van der Waals surface area (Å²) >= 11 is 7.36. The standard InChI is InChI=1S/C24H21ClF2NO6PS/c1-23(2,3)22(30)33-24(31,34-35-32)20(16-12-36-19-7-5-14(25)11-15(16)19)21(29)28-9-8-13-4-6-17(26)18(27)10-13/h4-12,20,31H,1-3H3,(H,28,29)/b9-8+. The van der Waals surface area contributed by atoms with Crippen LogP contribution in [0.4, 0.5) is 8.78 Å². The molecule has 36 heavy (non-hydrogen) atoms. The molecule has 0 aliphatic carbocycles. The maximum Gasteiger partial charge on any atom is 0.353 e.